The minimum Gasteiger partial charge on any atom is -0.427 e. The quantitative estimate of drug-likeness (QED) is 0.362. The molecule has 2 heterocycles. The summed E-state index contributed by atoms with van der Waals surface area (Å²) in [6, 6.07) is 7.67. The van der Waals surface area contributed by atoms with Gasteiger partial charge in [-0.2, -0.15) is 4.98 Å². The minimum absolute atomic E-state index is 0.255. The summed E-state index contributed by atoms with van der Waals surface area (Å²) in [4.78, 5) is 21.2. The summed E-state index contributed by atoms with van der Waals surface area (Å²) in [6.45, 7) is 8.18. The van der Waals surface area contributed by atoms with E-state index in [0.29, 0.717) is 29.0 Å². The molecule has 0 aliphatic rings. The third-order valence-electron chi connectivity index (χ3n) is 4.57. The molecule has 0 amide bonds. The predicted molar refractivity (Wildman–Crippen MR) is 107 cm³/mol. The molecule has 3 aromatic rings. The van der Waals surface area contributed by atoms with Crippen molar-refractivity contribution in [3.63, 3.8) is 0 Å². The fourth-order valence-corrected chi connectivity index (χ4v) is 3.30. The van der Waals surface area contributed by atoms with E-state index in [1.807, 2.05) is 44.4 Å². The van der Waals surface area contributed by atoms with E-state index in [9.17, 15) is 4.79 Å². The monoisotopic (exact) mass is 384 g/mol. The minimum atomic E-state index is -0.255. The van der Waals surface area contributed by atoms with Gasteiger partial charge in [-0.1, -0.05) is 37.7 Å². The van der Waals surface area contributed by atoms with E-state index in [1.54, 1.807) is 4.52 Å². The van der Waals surface area contributed by atoms with Gasteiger partial charge in [0.25, 0.3) is 5.78 Å². The second-order valence-electron chi connectivity index (χ2n) is 6.77. The van der Waals surface area contributed by atoms with Crippen molar-refractivity contribution in [1.29, 1.82) is 0 Å². The molecule has 27 heavy (non-hydrogen) atoms. The van der Waals surface area contributed by atoms with Crippen molar-refractivity contribution in [3.8, 4) is 5.75 Å². The van der Waals surface area contributed by atoms with Gasteiger partial charge in [0.15, 0.2) is 0 Å². The molecule has 0 N–H and O–H groups in total. The number of carbonyl (C=O) groups is 1. The van der Waals surface area contributed by atoms with Crippen molar-refractivity contribution in [3.05, 3.63) is 46.8 Å². The lowest BCUT2D eigenvalue weighted by molar-refractivity contribution is -0.134. The number of fused-ring (bicyclic) bond motifs is 1. The van der Waals surface area contributed by atoms with Gasteiger partial charge >= 0.3 is 5.97 Å². The highest BCUT2D eigenvalue weighted by molar-refractivity contribution is 7.98. The molecule has 2 aromatic heterocycles. The molecule has 0 aliphatic carbocycles. The maximum Gasteiger partial charge on any atom is 0.311 e. The maximum atomic E-state index is 12.3. The summed E-state index contributed by atoms with van der Waals surface area (Å²) in [5, 5.41) is 5.13. The number of rotatable bonds is 6. The zero-order valence-corrected chi connectivity index (χ0v) is 17.1. The van der Waals surface area contributed by atoms with Crippen LogP contribution >= 0.6 is 11.8 Å². The van der Waals surface area contributed by atoms with E-state index >= 15 is 0 Å². The zero-order valence-electron chi connectivity index (χ0n) is 16.3. The molecule has 6 nitrogen and oxygen atoms in total. The van der Waals surface area contributed by atoms with E-state index in [-0.39, 0.29) is 12.4 Å². The van der Waals surface area contributed by atoms with Crippen LogP contribution in [0.15, 0.2) is 29.4 Å². The number of hydrogen-bond acceptors (Lipinski definition) is 6. The van der Waals surface area contributed by atoms with Gasteiger partial charge in [0.05, 0.1) is 6.42 Å². The number of hydrogen-bond donors (Lipinski definition) is 0. The van der Waals surface area contributed by atoms with Crippen LogP contribution in [-0.4, -0.2) is 31.8 Å². The largest absolute Gasteiger partial charge is 0.427 e. The zero-order chi connectivity index (χ0) is 19.6. The molecule has 1 aromatic carbocycles. The fourth-order valence-electron chi connectivity index (χ4n) is 2.97. The van der Waals surface area contributed by atoms with E-state index in [0.717, 1.165) is 17.0 Å². The molecule has 0 saturated carbocycles. The highest BCUT2D eigenvalue weighted by atomic mass is 32.2. The summed E-state index contributed by atoms with van der Waals surface area (Å²) >= 11 is 1.48. The van der Waals surface area contributed by atoms with E-state index in [1.165, 1.54) is 17.3 Å². The number of esters is 1. The van der Waals surface area contributed by atoms with E-state index in [2.05, 4.69) is 28.9 Å². The first-order valence-corrected chi connectivity index (χ1v) is 10.2. The van der Waals surface area contributed by atoms with Crippen LogP contribution in [0, 0.1) is 13.8 Å². The second-order valence-corrected chi connectivity index (χ2v) is 7.54. The molecule has 7 heteroatoms. The van der Waals surface area contributed by atoms with Gasteiger partial charge in [0.2, 0.25) is 5.16 Å². The Labute approximate surface area is 163 Å². The smallest absolute Gasteiger partial charge is 0.311 e. The maximum absolute atomic E-state index is 12.3. The van der Waals surface area contributed by atoms with Gasteiger partial charge < -0.3 is 4.74 Å². The molecule has 0 atom stereocenters. The van der Waals surface area contributed by atoms with Crippen LogP contribution < -0.4 is 4.74 Å². The Morgan fingerprint density at radius 1 is 1.19 bits per heavy atom. The van der Waals surface area contributed by atoms with Gasteiger partial charge in [-0.15, -0.1) is 5.10 Å². The molecular weight excluding hydrogens is 360 g/mol. The fraction of sp³-hybridized carbons (Fsp3) is 0.400. The third-order valence-corrected chi connectivity index (χ3v) is 5.11. The van der Waals surface area contributed by atoms with Gasteiger partial charge in [-0.3, -0.25) is 4.79 Å². The Bertz CT molecular complexity index is 964. The van der Waals surface area contributed by atoms with Gasteiger partial charge in [0, 0.05) is 11.4 Å². The lowest BCUT2D eigenvalue weighted by Crippen LogP contribution is -2.12. The first-order chi connectivity index (χ1) is 12.9. The lowest BCUT2D eigenvalue weighted by atomic mass is 10.0. The molecule has 0 unspecified atom stereocenters. The van der Waals surface area contributed by atoms with Crippen molar-refractivity contribution < 1.29 is 9.53 Å². The predicted octanol–water partition coefficient (Wildman–Crippen LogP) is 4.12. The first kappa shape index (κ1) is 19.4. The molecule has 3 rings (SSSR count). The molecule has 0 aliphatic heterocycles. The Balaban J connectivity index is 1.69. The van der Waals surface area contributed by atoms with Crippen molar-refractivity contribution in [1.82, 2.24) is 19.6 Å². The number of benzene rings is 1. The van der Waals surface area contributed by atoms with Crippen LogP contribution in [0.1, 0.15) is 48.7 Å². The molecular formula is C20H24N4O2S. The van der Waals surface area contributed by atoms with E-state index in [4.69, 9.17) is 4.74 Å². The van der Waals surface area contributed by atoms with Crippen LogP contribution in [0.5, 0.6) is 5.75 Å². The van der Waals surface area contributed by atoms with Crippen molar-refractivity contribution >= 4 is 23.5 Å². The number of thioether (sulfide) groups is 1. The molecule has 0 bridgehead atoms. The van der Waals surface area contributed by atoms with Crippen LogP contribution in [-0.2, 0) is 11.2 Å². The van der Waals surface area contributed by atoms with Crippen molar-refractivity contribution in [2.45, 2.75) is 51.6 Å². The Morgan fingerprint density at radius 2 is 1.89 bits per heavy atom. The standard InChI is InChI=1S/C20H24N4O2S/c1-12(2)15-6-8-16(9-7-15)26-18(25)11-10-17-13(3)21-19-22-20(27-5)23-24(19)14(17)4/h6-9,12H,10-11H2,1-5H3. The highest BCUT2D eigenvalue weighted by Gasteiger charge is 2.15. The number of carbonyl (C=O) groups excluding carboxylic acids is 1. The van der Waals surface area contributed by atoms with Crippen molar-refractivity contribution in [2.24, 2.45) is 0 Å². The summed E-state index contributed by atoms with van der Waals surface area (Å²) in [7, 11) is 0. The normalized spacial score (nSPS) is 11.3. The molecule has 142 valence electrons. The third kappa shape index (κ3) is 4.30. The highest BCUT2D eigenvalue weighted by Crippen LogP contribution is 2.20. The van der Waals surface area contributed by atoms with Crippen molar-refractivity contribution in [2.75, 3.05) is 6.26 Å². The van der Waals surface area contributed by atoms with Gasteiger partial charge in [-0.25, -0.2) is 9.50 Å². The van der Waals surface area contributed by atoms with Crippen LogP contribution in [0.3, 0.4) is 0 Å². The van der Waals surface area contributed by atoms with Crippen LogP contribution in [0.4, 0.5) is 0 Å². The van der Waals surface area contributed by atoms with Crippen LogP contribution in [0.2, 0.25) is 0 Å². The first-order valence-electron chi connectivity index (χ1n) is 8.96. The number of aryl methyl sites for hydroxylation is 2. The number of nitrogens with zero attached hydrogens (tertiary/aromatic N) is 4. The number of aromatic nitrogens is 4. The average Bonchev–Trinajstić information content (AvgIpc) is 3.05. The SMILES string of the molecule is CSc1nc2nc(C)c(CCC(=O)Oc3ccc(C(C)C)cc3)c(C)n2n1. The summed E-state index contributed by atoms with van der Waals surface area (Å²) in [5.74, 6) is 1.36. The lowest BCUT2D eigenvalue weighted by Gasteiger charge is -2.10. The topological polar surface area (TPSA) is 69.4 Å². The Morgan fingerprint density at radius 3 is 2.52 bits per heavy atom. The van der Waals surface area contributed by atoms with Crippen LogP contribution in [0.25, 0.3) is 5.78 Å². The second kappa shape index (κ2) is 8.08. The summed E-state index contributed by atoms with van der Waals surface area (Å²) < 4.78 is 7.20. The number of ether oxygens (including phenoxy) is 1. The Hall–Kier alpha value is -2.41. The Kier molecular flexibility index (Phi) is 5.79. The van der Waals surface area contributed by atoms with Gasteiger partial charge in [-0.05, 0) is 55.7 Å². The summed E-state index contributed by atoms with van der Waals surface area (Å²) in [5.41, 5.74) is 4.05. The summed E-state index contributed by atoms with van der Waals surface area (Å²) in [6.07, 6.45) is 2.77. The molecule has 0 spiro atoms. The average molecular weight is 385 g/mol. The molecule has 0 saturated heterocycles. The molecule has 0 radical (unpaired) electrons. The van der Waals surface area contributed by atoms with E-state index < -0.39 is 0 Å². The van der Waals surface area contributed by atoms with Gasteiger partial charge in [0.1, 0.15) is 5.75 Å². The molecule has 0 fully saturated rings.